The van der Waals surface area contributed by atoms with Crippen LogP contribution in [0.15, 0.2) is 101 Å². The normalized spacial score (nSPS) is 10.7. The summed E-state index contributed by atoms with van der Waals surface area (Å²) in [5.74, 6) is 2.46. The summed E-state index contributed by atoms with van der Waals surface area (Å²) in [6.45, 7) is 0. The molecule has 2 nitrogen and oxygen atoms in total. The third-order valence-corrected chi connectivity index (χ3v) is 4.31. The van der Waals surface area contributed by atoms with Gasteiger partial charge in [-0.15, -0.1) is 0 Å². The molecule has 0 radical (unpaired) electrons. The van der Waals surface area contributed by atoms with Crippen molar-refractivity contribution in [2.24, 2.45) is 0 Å². The van der Waals surface area contributed by atoms with Gasteiger partial charge in [0.2, 0.25) is 0 Å². The number of halogens is 4. The molecule has 7 heteroatoms. The van der Waals surface area contributed by atoms with Crippen LogP contribution in [0.5, 0.6) is 5.75 Å². The molecule has 0 aliphatic heterocycles. The molecule has 1 aromatic heterocycles. The Morgan fingerprint density at radius 3 is 1.61 bits per heavy atom. The second-order valence-electron chi connectivity index (χ2n) is 6.53. The maximum Gasteiger partial charge on any atom is 0.673 e. The van der Waals surface area contributed by atoms with Gasteiger partial charge in [0.05, 0.1) is 30.4 Å². The predicted molar refractivity (Wildman–Crippen MR) is 116 cm³/mol. The maximum atomic E-state index is 9.75. The van der Waals surface area contributed by atoms with Crippen LogP contribution >= 0.6 is 0 Å². The van der Waals surface area contributed by atoms with Crippen molar-refractivity contribution >= 4 is 7.25 Å². The van der Waals surface area contributed by atoms with Crippen molar-refractivity contribution in [3.05, 3.63) is 97.1 Å². The van der Waals surface area contributed by atoms with Crippen LogP contribution in [0.4, 0.5) is 17.3 Å². The number of ether oxygens (including phenoxy) is 1. The van der Waals surface area contributed by atoms with E-state index in [0.717, 1.165) is 39.5 Å². The molecule has 0 bridgehead atoms. The SMILES string of the molecule is COc1cccc(-c2cc(-c3ccccc3)cc(-c3ccccc3)[o+]2)c1.F[B-](F)(F)F. The third kappa shape index (κ3) is 6.71. The summed E-state index contributed by atoms with van der Waals surface area (Å²) < 4.78 is 50.6. The lowest BCUT2D eigenvalue weighted by molar-refractivity contribution is 0.368. The Hall–Kier alpha value is -3.61. The third-order valence-electron chi connectivity index (χ3n) is 4.31. The molecule has 158 valence electrons. The molecule has 0 amide bonds. The van der Waals surface area contributed by atoms with Gasteiger partial charge in [-0.3, -0.25) is 0 Å². The first-order valence-corrected chi connectivity index (χ1v) is 9.44. The Morgan fingerprint density at radius 1 is 0.581 bits per heavy atom. The summed E-state index contributed by atoms with van der Waals surface area (Å²) >= 11 is 0. The molecule has 0 spiro atoms. The van der Waals surface area contributed by atoms with E-state index in [2.05, 4.69) is 36.4 Å². The zero-order chi connectivity index (χ0) is 22.3. The van der Waals surface area contributed by atoms with Crippen LogP contribution in [0.1, 0.15) is 0 Å². The molecule has 0 unspecified atom stereocenters. The lowest BCUT2D eigenvalue weighted by Gasteiger charge is -2.03. The zero-order valence-electron chi connectivity index (χ0n) is 16.6. The van der Waals surface area contributed by atoms with E-state index < -0.39 is 7.25 Å². The van der Waals surface area contributed by atoms with Crippen LogP contribution in [0.25, 0.3) is 33.8 Å². The van der Waals surface area contributed by atoms with Gasteiger partial charge in [-0.1, -0.05) is 54.6 Å². The van der Waals surface area contributed by atoms with E-state index in [4.69, 9.17) is 9.15 Å². The number of rotatable bonds is 4. The van der Waals surface area contributed by atoms with E-state index in [9.17, 15) is 17.3 Å². The van der Waals surface area contributed by atoms with E-state index in [1.165, 1.54) is 0 Å². The first-order chi connectivity index (χ1) is 14.8. The van der Waals surface area contributed by atoms with Gasteiger partial charge in [0, 0.05) is 5.56 Å². The fraction of sp³-hybridized carbons (Fsp3) is 0.0417. The van der Waals surface area contributed by atoms with Crippen molar-refractivity contribution in [3.63, 3.8) is 0 Å². The minimum atomic E-state index is -6.00. The summed E-state index contributed by atoms with van der Waals surface area (Å²) in [4.78, 5) is 0. The smallest absolute Gasteiger partial charge is 0.497 e. The van der Waals surface area contributed by atoms with Crippen molar-refractivity contribution < 1.29 is 26.4 Å². The monoisotopic (exact) mass is 426 g/mol. The van der Waals surface area contributed by atoms with Crippen molar-refractivity contribution in [2.45, 2.75) is 0 Å². The van der Waals surface area contributed by atoms with Gasteiger partial charge in [-0.05, 0) is 35.9 Å². The first kappa shape index (κ1) is 22.1. The first-order valence-electron chi connectivity index (χ1n) is 9.44. The molecule has 0 atom stereocenters. The highest BCUT2D eigenvalue weighted by atomic mass is 19.5. The van der Waals surface area contributed by atoms with Gasteiger partial charge >= 0.3 is 18.8 Å². The molecular formula is C24H19BF4O2. The molecule has 4 aromatic rings. The van der Waals surface area contributed by atoms with Gasteiger partial charge in [-0.25, -0.2) is 4.42 Å². The summed E-state index contributed by atoms with van der Waals surface area (Å²) in [5.41, 5.74) is 4.31. The van der Waals surface area contributed by atoms with Crippen LogP contribution < -0.4 is 4.74 Å². The van der Waals surface area contributed by atoms with Gasteiger partial charge < -0.3 is 22.0 Å². The Balaban J connectivity index is 0.000000491. The van der Waals surface area contributed by atoms with Gasteiger partial charge in [0.15, 0.2) is 0 Å². The summed E-state index contributed by atoms with van der Waals surface area (Å²) in [6.07, 6.45) is 0. The van der Waals surface area contributed by atoms with Gasteiger partial charge in [0.1, 0.15) is 5.75 Å². The topological polar surface area (TPSA) is 20.5 Å². The van der Waals surface area contributed by atoms with Crippen molar-refractivity contribution in [3.8, 4) is 39.5 Å². The van der Waals surface area contributed by atoms with Crippen molar-refractivity contribution in [2.75, 3.05) is 7.11 Å². The van der Waals surface area contributed by atoms with Crippen LogP contribution in [-0.4, -0.2) is 14.4 Å². The van der Waals surface area contributed by atoms with Crippen LogP contribution in [-0.2, 0) is 0 Å². The lowest BCUT2D eigenvalue weighted by Crippen LogP contribution is -2.02. The second-order valence-corrected chi connectivity index (χ2v) is 6.53. The maximum absolute atomic E-state index is 9.75. The molecule has 0 aliphatic rings. The fourth-order valence-corrected chi connectivity index (χ4v) is 2.96. The molecular weight excluding hydrogens is 407 g/mol. The molecule has 0 saturated heterocycles. The summed E-state index contributed by atoms with van der Waals surface area (Å²) in [6, 6.07) is 32.6. The molecule has 0 fully saturated rings. The molecule has 3 aromatic carbocycles. The highest BCUT2D eigenvalue weighted by Gasteiger charge is 2.21. The average Bonchev–Trinajstić information content (AvgIpc) is 2.79. The number of hydrogen-bond donors (Lipinski definition) is 0. The predicted octanol–water partition coefficient (Wildman–Crippen LogP) is 7.87. The van der Waals surface area contributed by atoms with E-state index in [1.54, 1.807) is 7.11 Å². The molecule has 0 saturated carbocycles. The Morgan fingerprint density at radius 2 is 1.06 bits per heavy atom. The van der Waals surface area contributed by atoms with Crippen molar-refractivity contribution in [1.29, 1.82) is 0 Å². The number of benzene rings is 3. The van der Waals surface area contributed by atoms with Crippen LogP contribution in [0.3, 0.4) is 0 Å². The molecule has 31 heavy (non-hydrogen) atoms. The summed E-state index contributed by atoms with van der Waals surface area (Å²) in [5, 5.41) is 0. The van der Waals surface area contributed by atoms with E-state index in [-0.39, 0.29) is 0 Å². The summed E-state index contributed by atoms with van der Waals surface area (Å²) in [7, 11) is -4.33. The Bertz CT molecular complexity index is 1050. The lowest BCUT2D eigenvalue weighted by atomic mass is 10.0. The van der Waals surface area contributed by atoms with Crippen LogP contribution in [0, 0.1) is 0 Å². The standard InChI is InChI=1S/C24H19O2.BF4/c1-25-22-14-8-13-20(15-22)24-17-21(18-9-4-2-5-10-18)16-23(26-24)19-11-6-3-7-12-19;2-1(3,4)5/h2-17H,1H3;/q+1;-1. The molecule has 0 N–H and O–H groups in total. The van der Waals surface area contributed by atoms with Gasteiger partial charge in [0.25, 0.3) is 0 Å². The Labute approximate surface area is 177 Å². The minimum Gasteiger partial charge on any atom is -0.497 e. The second kappa shape index (κ2) is 9.93. The number of hydrogen-bond acceptors (Lipinski definition) is 1. The molecule has 1 heterocycles. The van der Waals surface area contributed by atoms with Crippen molar-refractivity contribution in [1.82, 2.24) is 0 Å². The Kier molecular flexibility index (Phi) is 7.08. The highest BCUT2D eigenvalue weighted by Crippen LogP contribution is 2.33. The largest absolute Gasteiger partial charge is 0.673 e. The van der Waals surface area contributed by atoms with E-state index >= 15 is 0 Å². The molecule has 0 aliphatic carbocycles. The number of methoxy groups -OCH3 is 1. The molecule has 4 rings (SSSR count). The highest BCUT2D eigenvalue weighted by molar-refractivity contribution is 6.50. The van der Waals surface area contributed by atoms with Gasteiger partial charge in [-0.2, -0.15) is 0 Å². The van der Waals surface area contributed by atoms with Crippen LogP contribution in [0.2, 0.25) is 0 Å². The zero-order valence-corrected chi connectivity index (χ0v) is 16.6. The minimum absolute atomic E-state index is 0.809. The fourth-order valence-electron chi connectivity index (χ4n) is 2.96. The quantitative estimate of drug-likeness (QED) is 0.188. The average molecular weight is 426 g/mol. The van der Waals surface area contributed by atoms with E-state index in [1.807, 2.05) is 60.7 Å². The van der Waals surface area contributed by atoms with E-state index in [0.29, 0.717) is 0 Å².